The van der Waals surface area contributed by atoms with Crippen LogP contribution in [0.2, 0.25) is 0 Å². The summed E-state index contributed by atoms with van der Waals surface area (Å²) in [7, 11) is 0. The highest BCUT2D eigenvalue weighted by Crippen LogP contribution is 2.35. The van der Waals surface area contributed by atoms with E-state index < -0.39 is 0 Å². The second-order valence-corrected chi connectivity index (χ2v) is 6.03. The number of aryl methyl sites for hydroxylation is 1. The first kappa shape index (κ1) is 17.3. The van der Waals surface area contributed by atoms with Crippen molar-refractivity contribution >= 4 is 18.3 Å². The zero-order valence-corrected chi connectivity index (χ0v) is 13.9. The first-order chi connectivity index (χ1) is 10.3. The fourth-order valence-corrected chi connectivity index (χ4v) is 3.24. The lowest BCUT2D eigenvalue weighted by Gasteiger charge is -2.36. The zero-order chi connectivity index (χ0) is 14.7. The summed E-state index contributed by atoms with van der Waals surface area (Å²) in [6.45, 7) is 6.26. The molecule has 2 aliphatic heterocycles. The van der Waals surface area contributed by atoms with Gasteiger partial charge in [-0.2, -0.15) is 0 Å². The van der Waals surface area contributed by atoms with Gasteiger partial charge in [-0.1, -0.05) is 29.8 Å². The van der Waals surface area contributed by atoms with Gasteiger partial charge >= 0.3 is 0 Å². The van der Waals surface area contributed by atoms with Gasteiger partial charge in [0.15, 0.2) is 0 Å². The topological polar surface area (TPSA) is 41.6 Å². The second kappa shape index (κ2) is 7.95. The van der Waals surface area contributed by atoms with Gasteiger partial charge in [-0.3, -0.25) is 4.79 Å². The number of nitrogens with one attached hydrogen (secondary N) is 1. The largest absolute Gasteiger partial charge is 0.373 e. The lowest BCUT2D eigenvalue weighted by Crippen LogP contribution is -2.50. The Morgan fingerprint density at radius 1 is 1.23 bits per heavy atom. The minimum Gasteiger partial charge on any atom is -0.373 e. The smallest absolute Gasteiger partial charge is 0.228 e. The summed E-state index contributed by atoms with van der Waals surface area (Å²) in [6.07, 6.45) is 1.83. The molecule has 0 aromatic heterocycles. The number of ether oxygens (including phenoxy) is 1. The van der Waals surface area contributed by atoms with Crippen LogP contribution in [-0.4, -0.2) is 43.6 Å². The summed E-state index contributed by atoms with van der Waals surface area (Å²) in [4.78, 5) is 14.8. The lowest BCUT2D eigenvalue weighted by molar-refractivity contribution is -0.146. The fraction of sp³-hybridized carbons (Fsp3) is 0.588. The van der Waals surface area contributed by atoms with Gasteiger partial charge < -0.3 is 15.0 Å². The molecule has 2 aliphatic rings. The fourth-order valence-electron chi connectivity index (χ4n) is 3.24. The van der Waals surface area contributed by atoms with Crippen molar-refractivity contribution in [3.63, 3.8) is 0 Å². The first-order valence-corrected chi connectivity index (χ1v) is 7.93. The molecular weight excluding hydrogens is 300 g/mol. The van der Waals surface area contributed by atoms with Crippen molar-refractivity contribution in [1.29, 1.82) is 0 Å². The van der Waals surface area contributed by atoms with E-state index in [4.69, 9.17) is 4.74 Å². The average molecular weight is 325 g/mol. The third-order valence-corrected chi connectivity index (χ3v) is 4.47. The molecule has 0 spiro atoms. The van der Waals surface area contributed by atoms with Crippen LogP contribution in [-0.2, 0) is 9.53 Å². The molecule has 0 saturated carbocycles. The van der Waals surface area contributed by atoms with E-state index in [0.29, 0.717) is 0 Å². The highest BCUT2D eigenvalue weighted by atomic mass is 35.5. The minimum absolute atomic E-state index is 0. The van der Waals surface area contributed by atoms with Crippen LogP contribution in [0, 0.1) is 12.8 Å². The van der Waals surface area contributed by atoms with Gasteiger partial charge in [-0.25, -0.2) is 0 Å². The number of carbonyl (C=O) groups excluding carboxylic acids is 1. The van der Waals surface area contributed by atoms with Gasteiger partial charge in [0, 0.05) is 32.8 Å². The summed E-state index contributed by atoms with van der Waals surface area (Å²) in [5.41, 5.74) is 2.37. The second-order valence-electron chi connectivity index (χ2n) is 6.03. The molecule has 1 aromatic carbocycles. The van der Waals surface area contributed by atoms with E-state index in [1.165, 1.54) is 5.56 Å². The molecule has 1 N–H and O–H groups in total. The number of benzene rings is 1. The predicted octanol–water partition coefficient (Wildman–Crippen LogP) is 2.32. The third kappa shape index (κ3) is 3.80. The van der Waals surface area contributed by atoms with Crippen molar-refractivity contribution in [2.75, 3.05) is 32.8 Å². The maximum atomic E-state index is 12.8. The molecule has 0 bridgehead atoms. The molecule has 3 rings (SSSR count). The Balaban J connectivity index is 0.00000176. The molecule has 122 valence electrons. The molecule has 1 amide bonds. The maximum Gasteiger partial charge on any atom is 0.228 e. The monoisotopic (exact) mass is 324 g/mol. The van der Waals surface area contributed by atoms with Crippen LogP contribution in [0.15, 0.2) is 24.3 Å². The molecular formula is C17H25ClN2O2. The normalized spacial score (nSPS) is 25.4. The molecule has 2 fully saturated rings. The standard InChI is InChI=1S/C17H24N2O2.ClH/c1-13-4-6-14(7-5-13)16-15(3-2-12-21-16)17(20)19-10-8-18-9-11-19;/h4-7,15-16,18H,2-3,8-12H2,1H3;1H. The molecule has 2 heterocycles. The van der Waals surface area contributed by atoms with Gasteiger partial charge in [0.1, 0.15) is 0 Å². The van der Waals surface area contributed by atoms with Gasteiger partial charge in [0.05, 0.1) is 12.0 Å². The molecule has 0 aliphatic carbocycles. The van der Waals surface area contributed by atoms with Crippen molar-refractivity contribution in [2.24, 2.45) is 5.92 Å². The quantitative estimate of drug-likeness (QED) is 0.907. The van der Waals surface area contributed by atoms with Crippen LogP contribution in [0.3, 0.4) is 0 Å². The molecule has 4 nitrogen and oxygen atoms in total. The summed E-state index contributed by atoms with van der Waals surface area (Å²) in [6, 6.07) is 8.39. The molecule has 1 aromatic rings. The SMILES string of the molecule is Cc1ccc(C2OCCCC2C(=O)N2CCNCC2)cc1.Cl. The van der Waals surface area contributed by atoms with E-state index >= 15 is 0 Å². The van der Waals surface area contributed by atoms with E-state index in [0.717, 1.165) is 51.2 Å². The van der Waals surface area contributed by atoms with Crippen LogP contribution in [0.5, 0.6) is 0 Å². The summed E-state index contributed by atoms with van der Waals surface area (Å²) in [5, 5.41) is 3.30. The number of piperazine rings is 1. The van der Waals surface area contributed by atoms with Gasteiger partial charge in [0.2, 0.25) is 5.91 Å². The van der Waals surface area contributed by atoms with Crippen molar-refractivity contribution in [3.05, 3.63) is 35.4 Å². The van der Waals surface area contributed by atoms with Crippen LogP contribution in [0.25, 0.3) is 0 Å². The van der Waals surface area contributed by atoms with Crippen LogP contribution < -0.4 is 5.32 Å². The molecule has 5 heteroatoms. The van der Waals surface area contributed by atoms with E-state index in [-0.39, 0.29) is 30.3 Å². The van der Waals surface area contributed by atoms with Gasteiger partial charge in [-0.15, -0.1) is 12.4 Å². The number of hydrogen-bond acceptors (Lipinski definition) is 3. The van der Waals surface area contributed by atoms with E-state index in [2.05, 4.69) is 36.5 Å². The summed E-state index contributed by atoms with van der Waals surface area (Å²) < 4.78 is 5.97. The van der Waals surface area contributed by atoms with Crippen LogP contribution in [0.4, 0.5) is 0 Å². The number of amides is 1. The highest BCUT2D eigenvalue weighted by molar-refractivity contribution is 5.85. The van der Waals surface area contributed by atoms with E-state index in [9.17, 15) is 4.79 Å². The number of halogens is 1. The minimum atomic E-state index is -0.0817. The van der Waals surface area contributed by atoms with Gasteiger partial charge in [-0.05, 0) is 25.3 Å². The number of nitrogens with zero attached hydrogens (tertiary/aromatic N) is 1. The highest BCUT2D eigenvalue weighted by Gasteiger charge is 2.35. The van der Waals surface area contributed by atoms with Crippen molar-refractivity contribution in [2.45, 2.75) is 25.9 Å². The summed E-state index contributed by atoms with van der Waals surface area (Å²) >= 11 is 0. The number of carbonyl (C=O) groups is 1. The Morgan fingerprint density at radius 3 is 2.59 bits per heavy atom. The van der Waals surface area contributed by atoms with Crippen molar-refractivity contribution in [3.8, 4) is 0 Å². The van der Waals surface area contributed by atoms with Crippen LogP contribution >= 0.6 is 12.4 Å². The van der Waals surface area contributed by atoms with E-state index in [1.54, 1.807) is 0 Å². The molecule has 2 atom stereocenters. The third-order valence-electron chi connectivity index (χ3n) is 4.47. The number of hydrogen-bond donors (Lipinski definition) is 1. The van der Waals surface area contributed by atoms with Crippen molar-refractivity contribution in [1.82, 2.24) is 10.2 Å². The molecule has 22 heavy (non-hydrogen) atoms. The molecule has 0 radical (unpaired) electrons. The Morgan fingerprint density at radius 2 is 1.91 bits per heavy atom. The predicted molar refractivity (Wildman–Crippen MR) is 89.3 cm³/mol. The maximum absolute atomic E-state index is 12.8. The lowest BCUT2D eigenvalue weighted by atomic mass is 9.88. The number of rotatable bonds is 2. The van der Waals surface area contributed by atoms with Crippen molar-refractivity contribution < 1.29 is 9.53 Å². The zero-order valence-electron chi connectivity index (χ0n) is 13.1. The molecule has 2 saturated heterocycles. The molecule has 2 unspecified atom stereocenters. The summed E-state index contributed by atoms with van der Waals surface area (Å²) in [5.74, 6) is 0.237. The first-order valence-electron chi connectivity index (χ1n) is 7.93. The van der Waals surface area contributed by atoms with Gasteiger partial charge in [0.25, 0.3) is 0 Å². The Labute approximate surface area is 138 Å². The Hall–Kier alpha value is -1.10. The van der Waals surface area contributed by atoms with E-state index in [1.807, 2.05) is 4.90 Å². The average Bonchev–Trinajstić information content (AvgIpc) is 2.56. The van der Waals surface area contributed by atoms with Crippen LogP contribution in [0.1, 0.15) is 30.1 Å². The Bertz CT molecular complexity index is 486. The Kier molecular flexibility index (Phi) is 6.24.